The molecule has 3 aromatic carbocycles. The van der Waals surface area contributed by atoms with Gasteiger partial charge in [-0.2, -0.15) is 0 Å². The van der Waals surface area contributed by atoms with Crippen molar-refractivity contribution in [2.24, 2.45) is 5.92 Å². The molecule has 0 spiro atoms. The van der Waals surface area contributed by atoms with Crippen LogP contribution in [-0.4, -0.2) is 17.7 Å². The summed E-state index contributed by atoms with van der Waals surface area (Å²) in [6, 6.07) is 20.5. The monoisotopic (exact) mass is 513 g/mol. The minimum absolute atomic E-state index is 0.132. The number of hydrogen-bond donors (Lipinski definition) is 0. The molecule has 1 saturated heterocycles. The SMILES string of the molecule is C=C(/C=C\C(=C/C)OCc1ccccc1)[C@@H]1[C@@H](CCC(=O)c2ccc(F)cc2)C(=O)N1c1ccc(F)cc1. The number of allylic oxidation sites excluding steroid dienone is 2. The van der Waals surface area contributed by atoms with Crippen LogP contribution in [0, 0.1) is 17.6 Å². The van der Waals surface area contributed by atoms with Crippen LogP contribution in [0.5, 0.6) is 0 Å². The number of anilines is 1. The zero-order valence-electron chi connectivity index (χ0n) is 21.1. The predicted octanol–water partition coefficient (Wildman–Crippen LogP) is 7.19. The van der Waals surface area contributed by atoms with Gasteiger partial charge in [-0.25, -0.2) is 8.78 Å². The fourth-order valence-electron chi connectivity index (χ4n) is 4.47. The summed E-state index contributed by atoms with van der Waals surface area (Å²) in [4.78, 5) is 27.4. The Morgan fingerprint density at radius 2 is 1.58 bits per heavy atom. The Morgan fingerprint density at radius 1 is 0.947 bits per heavy atom. The van der Waals surface area contributed by atoms with Gasteiger partial charge in [0.2, 0.25) is 5.91 Å². The van der Waals surface area contributed by atoms with Gasteiger partial charge in [-0.05, 0) is 85.2 Å². The van der Waals surface area contributed by atoms with Gasteiger partial charge in [0.25, 0.3) is 0 Å². The molecule has 0 bridgehead atoms. The lowest BCUT2D eigenvalue weighted by molar-refractivity contribution is -0.129. The van der Waals surface area contributed by atoms with Crippen molar-refractivity contribution in [2.75, 3.05) is 4.90 Å². The number of halogens is 2. The summed E-state index contributed by atoms with van der Waals surface area (Å²) in [6.07, 6.45) is 5.90. The first-order chi connectivity index (χ1) is 18.4. The highest BCUT2D eigenvalue weighted by Gasteiger charge is 2.48. The fraction of sp³-hybridized carbons (Fsp3) is 0.188. The van der Waals surface area contributed by atoms with E-state index < -0.39 is 23.6 Å². The fourth-order valence-corrected chi connectivity index (χ4v) is 4.47. The summed E-state index contributed by atoms with van der Waals surface area (Å²) >= 11 is 0. The van der Waals surface area contributed by atoms with Crippen LogP contribution < -0.4 is 4.90 Å². The molecule has 3 aromatic rings. The lowest BCUT2D eigenvalue weighted by atomic mass is 9.78. The van der Waals surface area contributed by atoms with E-state index in [0.717, 1.165) is 5.56 Å². The van der Waals surface area contributed by atoms with Gasteiger partial charge in [0.05, 0.1) is 12.0 Å². The smallest absolute Gasteiger partial charge is 0.233 e. The van der Waals surface area contributed by atoms with Crippen LogP contribution in [0.3, 0.4) is 0 Å². The Bertz CT molecular complexity index is 1350. The van der Waals surface area contributed by atoms with E-state index >= 15 is 0 Å². The Labute approximate surface area is 221 Å². The molecule has 38 heavy (non-hydrogen) atoms. The highest BCUT2D eigenvalue weighted by Crippen LogP contribution is 2.39. The maximum atomic E-state index is 13.5. The highest BCUT2D eigenvalue weighted by molar-refractivity contribution is 6.05. The minimum atomic E-state index is -0.471. The highest BCUT2D eigenvalue weighted by atomic mass is 19.1. The molecule has 0 aliphatic carbocycles. The molecule has 2 atom stereocenters. The second kappa shape index (κ2) is 12.3. The second-order valence-electron chi connectivity index (χ2n) is 9.08. The van der Waals surface area contributed by atoms with Crippen LogP contribution in [0.15, 0.2) is 115 Å². The second-order valence-corrected chi connectivity index (χ2v) is 9.08. The molecule has 0 unspecified atom stereocenters. The molecule has 0 N–H and O–H groups in total. The largest absolute Gasteiger partial charge is 0.489 e. The minimum Gasteiger partial charge on any atom is -0.489 e. The Kier molecular flexibility index (Phi) is 8.64. The number of rotatable bonds is 11. The molecule has 1 heterocycles. The van der Waals surface area contributed by atoms with Crippen LogP contribution in [-0.2, 0) is 16.1 Å². The van der Waals surface area contributed by atoms with E-state index in [4.69, 9.17) is 4.74 Å². The van der Waals surface area contributed by atoms with Crippen molar-refractivity contribution in [3.05, 3.63) is 138 Å². The summed E-state index contributed by atoms with van der Waals surface area (Å²) in [5.41, 5.74) is 2.66. The van der Waals surface area contributed by atoms with Crippen molar-refractivity contribution in [1.29, 1.82) is 0 Å². The molecule has 1 fully saturated rings. The first-order valence-electron chi connectivity index (χ1n) is 12.4. The van der Waals surface area contributed by atoms with E-state index in [9.17, 15) is 18.4 Å². The van der Waals surface area contributed by atoms with Crippen LogP contribution in [0.25, 0.3) is 0 Å². The standard InChI is InChI=1S/C32H29F2NO3/c1-3-28(38-21-23-7-5-4-6-8-23)18-9-22(2)31-29(19-20-30(36)24-10-12-25(33)13-11-24)32(37)35(31)27-16-14-26(34)15-17-27/h3-18,29,31H,2,19-21H2,1H3/b18-9-,28-3+/t29-,31-/m1/s1. The van der Waals surface area contributed by atoms with Crippen molar-refractivity contribution in [3.8, 4) is 0 Å². The number of ketones is 1. The number of β-lactam (4-membered cyclic amide) rings is 1. The summed E-state index contributed by atoms with van der Waals surface area (Å²) in [5.74, 6) is -0.954. The van der Waals surface area contributed by atoms with Gasteiger partial charge < -0.3 is 9.64 Å². The topological polar surface area (TPSA) is 46.6 Å². The van der Waals surface area contributed by atoms with Gasteiger partial charge in [0, 0.05) is 17.7 Å². The van der Waals surface area contributed by atoms with Gasteiger partial charge in [-0.1, -0.05) is 43.0 Å². The molecule has 4 nitrogen and oxygen atoms in total. The lowest BCUT2D eigenvalue weighted by Gasteiger charge is -2.48. The van der Waals surface area contributed by atoms with Crippen LogP contribution in [0.4, 0.5) is 14.5 Å². The van der Waals surface area contributed by atoms with Crippen LogP contribution in [0.2, 0.25) is 0 Å². The molecule has 0 saturated carbocycles. The maximum absolute atomic E-state index is 13.5. The molecule has 0 radical (unpaired) electrons. The molecule has 4 rings (SSSR count). The molecular formula is C32H29F2NO3. The first kappa shape index (κ1) is 26.7. The van der Waals surface area contributed by atoms with E-state index in [1.165, 1.54) is 36.4 Å². The van der Waals surface area contributed by atoms with E-state index in [1.807, 2.05) is 49.4 Å². The van der Waals surface area contributed by atoms with Gasteiger partial charge in [-0.3, -0.25) is 9.59 Å². The van der Waals surface area contributed by atoms with E-state index in [-0.39, 0.29) is 18.1 Å². The average molecular weight is 514 g/mol. The van der Waals surface area contributed by atoms with E-state index in [2.05, 4.69) is 6.58 Å². The van der Waals surface area contributed by atoms with Gasteiger partial charge in [0.15, 0.2) is 5.78 Å². The molecule has 6 heteroatoms. The zero-order chi connectivity index (χ0) is 27.1. The summed E-state index contributed by atoms with van der Waals surface area (Å²) in [5, 5.41) is 0. The van der Waals surface area contributed by atoms with Gasteiger partial charge in [0.1, 0.15) is 24.0 Å². The number of ether oxygens (including phenoxy) is 1. The third kappa shape index (κ3) is 6.32. The molecule has 194 valence electrons. The molecule has 0 aromatic heterocycles. The van der Waals surface area contributed by atoms with E-state index in [0.29, 0.717) is 35.6 Å². The number of carbonyl (C=O) groups excluding carboxylic acids is 2. The maximum Gasteiger partial charge on any atom is 0.233 e. The number of nitrogens with zero attached hydrogens (tertiary/aromatic N) is 1. The Hall–Kier alpha value is -4.32. The number of benzene rings is 3. The van der Waals surface area contributed by atoms with Crippen LogP contribution >= 0.6 is 0 Å². The van der Waals surface area contributed by atoms with Crippen molar-refractivity contribution in [2.45, 2.75) is 32.4 Å². The number of hydrogen-bond acceptors (Lipinski definition) is 3. The van der Waals surface area contributed by atoms with E-state index in [1.54, 1.807) is 23.1 Å². The lowest BCUT2D eigenvalue weighted by Crippen LogP contribution is -2.62. The molecule has 1 aliphatic heterocycles. The Balaban J connectivity index is 1.47. The van der Waals surface area contributed by atoms with Crippen molar-refractivity contribution < 1.29 is 23.1 Å². The zero-order valence-corrected chi connectivity index (χ0v) is 21.1. The summed E-state index contributed by atoms with van der Waals surface area (Å²) in [7, 11) is 0. The number of carbonyl (C=O) groups is 2. The third-order valence-electron chi connectivity index (χ3n) is 6.54. The quantitative estimate of drug-likeness (QED) is 0.118. The Morgan fingerprint density at radius 3 is 2.21 bits per heavy atom. The van der Waals surface area contributed by atoms with Gasteiger partial charge >= 0.3 is 0 Å². The van der Waals surface area contributed by atoms with Crippen LogP contribution in [0.1, 0.15) is 35.7 Å². The first-order valence-corrected chi connectivity index (χ1v) is 12.4. The molecule has 1 aliphatic rings. The normalized spacial score (nSPS) is 17.4. The number of Topliss-reactive ketones (excluding diaryl/α,β-unsaturated/α-hetero) is 1. The summed E-state index contributed by atoms with van der Waals surface area (Å²) in [6.45, 7) is 6.49. The summed E-state index contributed by atoms with van der Waals surface area (Å²) < 4.78 is 32.7. The van der Waals surface area contributed by atoms with Crippen molar-refractivity contribution >= 4 is 17.4 Å². The third-order valence-corrected chi connectivity index (χ3v) is 6.54. The number of amides is 1. The predicted molar refractivity (Wildman–Crippen MR) is 144 cm³/mol. The molecule has 1 amide bonds. The van der Waals surface area contributed by atoms with Crippen molar-refractivity contribution in [1.82, 2.24) is 0 Å². The average Bonchev–Trinajstić information content (AvgIpc) is 2.93. The van der Waals surface area contributed by atoms with Gasteiger partial charge in [-0.15, -0.1) is 0 Å². The molecular weight excluding hydrogens is 484 g/mol. The van der Waals surface area contributed by atoms with Crippen molar-refractivity contribution in [3.63, 3.8) is 0 Å².